The van der Waals surface area contributed by atoms with Crippen LogP contribution in [0.5, 0.6) is 0 Å². The van der Waals surface area contributed by atoms with Gasteiger partial charge in [0, 0.05) is 13.3 Å². The molecule has 0 saturated heterocycles. The summed E-state index contributed by atoms with van der Waals surface area (Å²) in [5.74, 6) is -0.314. The molecule has 1 aromatic rings. The summed E-state index contributed by atoms with van der Waals surface area (Å²) in [6.45, 7) is 1.15. The minimum atomic E-state index is -0.858. The van der Waals surface area contributed by atoms with Crippen LogP contribution in [-0.4, -0.2) is 40.4 Å². The van der Waals surface area contributed by atoms with E-state index in [1.54, 1.807) is 24.2 Å². The molecular weight excluding hydrogens is 250 g/mol. The Morgan fingerprint density at radius 1 is 1.74 bits per heavy atom. The zero-order chi connectivity index (χ0) is 13.9. The van der Waals surface area contributed by atoms with Crippen molar-refractivity contribution in [3.05, 3.63) is 12.4 Å². The number of ether oxygens (including phenoxy) is 1. The fourth-order valence-corrected chi connectivity index (χ4v) is 1.81. The highest BCUT2D eigenvalue weighted by atomic mass is 16.5. The minimum absolute atomic E-state index is 0.0447. The number of amidine groups is 1. The third-order valence-corrected chi connectivity index (χ3v) is 3.20. The summed E-state index contributed by atoms with van der Waals surface area (Å²) in [4.78, 5) is 12.1. The van der Waals surface area contributed by atoms with Crippen molar-refractivity contribution in [1.29, 1.82) is 0 Å². The van der Waals surface area contributed by atoms with Gasteiger partial charge in [0.1, 0.15) is 5.41 Å². The average molecular weight is 267 g/mol. The third-order valence-electron chi connectivity index (χ3n) is 3.20. The Balaban J connectivity index is 1.98. The van der Waals surface area contributed by atoms with Gasteiger partial charge in [-0.05, 0) is 12.8 Å². The highest BCUT2D eigenvalue weighted by Crippen LogP contribution is 2.46. The van der Waals surface area contributed by atoms with Gasteiger partial charge in [0.15, 0.2) is 5.84 Å². The average Bonchev–Trinajstić information content (AvgIpc) is 3.12. The first-order valence-corrected chi connectivity index (χ1v) is 5.93. The molecule has 104 valence electrons. The number of amides is 1. The molecule has 19 heavy (non-hydrogen) atoms. The van der Waals surface area contributed by atoms with E-state index in [0.29, 0.717) is 31.7 Å². The van der Waals surface area contributed by atoms with Crippen LogP contribution in [0.2, 0.25) is 0 Å². The Morgan fingerprint density at radius 2 is 2.47 bits per heavy atom. The van der Waals surface area contributed by atoms with Gasteiger partial charge in [-0.25, -0.2) is 0 Å². The largest absolute Gasteiger partial charge is 0.409 e. The SMILES string of the molecule is COCCn1cc(NC(=O)C2(/C(N)=N/O)CC2)cn1. The van der Waals surface area contributed by atoms with Crippen LogP contribution in [0.15, 0.2) is 17.5 Å². The second kappa shape index (κ2) is 5.27. The Hall–Kier alpha value is -2.09. The second-order valence-electron chi connectivity index (χ2n) is 4.51. The number of nitrogens with two attached hydrogens (primary N) is 1. The highest BCUT2D eigenvalue weighted by molar-refractivity contribution is 6.14. The van der Waals surface area contributed by atoms with Gasteiger partial charge in [-0.3, -0.25) is 9.48 Å². The van der Waals surface area contributed by atoms with E-state index < -0.39 is 5.41 Å². The highest BCUT2D eigenvalue weighted by Gasteiger charge is 2.54. The number of oxime groups is 1. The molecule has 1 aromatic heterocycles. The van der Waals surface area contributed by atoms with Gasteiger partial charge >= 0.3 is 0 Å². The molecular formula is C11H17N5O3. The molecule has 0 spiro atoms. The van der Waals surface area contributed by atoms with E-state index in [1.165, 1.54) is 0 Å². The van der Waals surface area contributed by atoms with Gasteiger partial charge in [-0.1, -0.05) is 5.16 Å². The maximum atomic E-state index is 12.1. The summed E-state index contributed by atoms with van der Waals surface area (Å²) in [6.07, 6.45) is 4.44. The molecule has 0 radical (unpaired) electrons. The van der Waals surface area contributed by atoms with Crippen LogP contribution in [0.4, 0.5) is 5.69 Å². The Kier molecular flexibility index (Phi) is 3.70. The molecule has 8 heteroatoms. The van der Waals surface area contributed by atoms with Crippen LogP contribution < -0.4 is 11.1 Å². The van der Waals surface area contributed by atoms with E-state index in [1.807, 2.05) is 0 Å². The number of carbonyl (C=O) groups excluding carboxylic acids is 1. The van der Waals surface area contributed by atoms with Crippen molar-refractivity contribution in [3.63, 3.8) is 0 Å². The van der Waals surface area contributed by atoms with Gasteiger partial charge < -0.3 is 21.0 Å². The van der Waals surface area contributed by atoms with Gasteiger partial charge in [-0.15, -0.1) is 0 Å². The van der Waals surface area contributed by atoms with Gasteiger partial charge in [0.05, 0.1) is 25.0 Å². The maximum Gasteiger partial charge on any atom is 0.238 e. The monoisotopic (exact) mass is 267 g/mol. The first-order valence-electron chi connectivity index (χ1n) is 5.93. The quantitative estimate of drug-likeness (QED) is 0.290. The lowest BCUT2D eigenvalue weighted by molar-refractivity contribution is -0.119. The van der Waals surface area contributed by atoms with Crippen molar-refractivity contribution in [2.45, 2.75) is 19.4 Å². The molecule has 2 rings (SSSR count). The number of aromatic nitrogens is 2. The molecule has 8 nitrogen and oxygen atoms in total. The number of hydrogen-bond donors (Lipinski definition) is 3. The number of hydrogen-bond acceptors (Lipinski definition) is 5. The molecule has 4 N–H and O–H groups in total. The summed E-state index contributed by atoms with van der Waals surface area (Å²) >= 11 is 0. The van der Waals surface area contributed by atoms with Gasteiger partial charge in [-0.2, -0.15) is 5.10 Å². The summed E-state index contributed by atoms with van der Waals surface area (Å²) in [7, 11) is 1.61. The first-order chi connectivity index (χ1) is 9.12. The molecule has 1 fully saturated rings. The van der Waals surface area contributed by atoms with E-state index in [2.05, 4.69) is 15.6 Å². The number of nitrogens with one attached hydrogen (secondary N) is 1. The lowest BCUT2D eigenvalue weighted by atomic mass is 10.1. The molecule has 0 aliphatic heterocycles. The minimum Gasteiger partial charge on any atom is -0.409 e. The van der Waals surface area contributed by atoms with Crippen molar-refractivity contribution in [3.8, 4) is 0 Å². The molecule has 1 aliphatic carbocycles. The molecule has 1 amide bonds. The van der Waals surface area contributed by atoms with Crippen LogP contribution in [0, 0.1) is 5.41 Å². The fraction of sp³-hybridized carbons (Fsp3) is 0.545. The fourth-order valence-electron chi connectivity index (χ4n) is 1.81. The molecule has 0 unspecified atom stereocenters. The first kappa shape index (κ1) is 13.3. The molecule has 0 atom stereocenters. The van der Waals surface area contributed by atoms with E-state index >= 15 is 0 Å². The summed E-state index contributed by atoms with van der Waals surface area (Å²) < 4.78 is 6.61. The Bertz CT molecular complexity index is 492. The molecule has 1 heterocycles. The van der Waals surface area contributed by atoms with E-state index in [-0.39, 0.29) is 11.7 Å². The van der Waals surface area contributed by atoms with Crippen molar-refractivity contribution in [2.24, 2.45) is 16.3 Å². The summed E-state index contributed by atoms with van der Waals surface area (Å²) in [5.41, 5.74) is 5.26. The second-order valence-corrected chi connectivity index (χ2v) is 4.51. The predicted molar refractivity (Wildman–Crippen MR) is 67.8 cm³/mol. The zero-order valence-electron chi connectivity index (χ0n) is 10.7. The van der Waals surface area contributed by atoms with Crippen LogP contribution in [0.3, 0.4) is 0 Å². The zero-order valence-corrected chi connectivity index (χ0v) is 10.7. The smallest absolute Gasteiger partial charge is 0.238 e. The third kappa shape index (κ3) is 2.68. The maximum absolute atomic E-state index is 12.1. The van der Waals surface area contributed by atoms with Crippen molar-refractivity contribution in [2.75, 3.05) is 19.0 Å². The van der Waals surface area contributed by atoms with Crippen LogP contribution in [0.1, 0.15) is 12.8 Å². The number of rotatable bonds is 6. The van der Waals surface area contributed by atoms with Gasteiger partial charge in [0.2, 0.25) is 5.91 Å². The van der Waals surface area contributed by atoms with Crippen LogP contribution in [0.25, 0.3) is 0 Å². The Labute approximate surface area is 110 Å². The summed E-state index contributed by atoms with van der Waals surface area (Å²) in [5, 5.41) is 18.4. The number of anilines is 1. The topological polar surface area (TPSA) is 115 Å². The molecule has 1 aliphatic rings. The van der Waals surface area contributed by atoms with Crippen LogP contribution >= 0.6 is 0 Å². The number of nitrogens with zero attached hydrogens (tertiary/aromatic N) is 3. The molecule has 0 aromatic carbocycles. The number of methoxy groups -OCH3 is 1. The molecule has 0 bridgehead atoms. The summed E-state index contributed by atoms with van der Waals surface area (Å²) in [6, 6.07) is 0. The van der Waals surface area contributed by atoms with E-state index in [9.17, 15) is 4.79 Å². The van der Waals surface area contributed by atoms with Gasteiger partial charge in [0.25, 0.3) is 0 Å². The lowest BCUT2D eigenvalue weighted by Crippen LogP contribution is -2.36. The standard InChI is InChI=1S/C11H17N5O3/c1-19-5-4-16-7-8(6-13-16)14-10(17)11(2-3-11)9(12)15-18/h6-7,18H,2-5H2,1H3,(H2,12,15)(H,14,17). The lowest BCUT2D eigenvalue weighted by Gasteiger charge is -2.12. The van der Waals surface area contributed by atoms with E-state index in [4.69, 9.17) is 15.7 Å². The Morgan fingerprint density at radius 3 is 3.05 bits per heavy atom. The van der Waals surface area contributed by atoms with Crippen molar-refractivity contribution in [1.82, 2.24) is 9.78 Å². The molecule has 1 saturated carbocycles. The van der Waals surface area contributed by atoms with Crippen molar-refractivity contribution < 1.29 is 14.7 Å². The van der Waals surface area contributed by atoms with Crippen LogP contribution in [-0.2, 0) is 16.1 Å². The van der Waals surface area contributed by atoms with Crippen molar-refractivity contribution >= 4 is 17.4 Å². The normalized spacial score (nSPS) is 17.2. The number of carbonyl (C=O) groups is 1. The predicted octanol–water partition coefficient (Wildman–Crippen LogP) is -0.00540. The van der Waals surface area contributed by atoms with E-state index in [0.717, 1.165) is 0 Å².